The first-order valence-corrected chi connectivity index (χ1v) is 6.80. The zero-order valence-electron chi connectivity index (χ0n) is 9.90. The summed E-state index contributed by atoms with van der Waals surface area (Å²) in [7, 11) is 0. The number of nitrogens with zero attached hydrogens (tertiary/aromatic N) is 1. The van der Waals surface area contributed by atoms with Crippen LogP contribution in [0.25, 0.3) is 0 Å². The molecule has 0 amide bonds. The molecule has 1 saturated carbocycles. The van der Waals surface area contributed by atoms with Gasteiger partial charge >= 0.3 is 0 Å². The van der Waals surface area contributed by atoms with E-state index in [1.165, 1.54) is 37.9 Å². The normalized spacial score (nSPS) is 28.5. The second-order valence-corrected chi connectivity index (χ2v) is 5.84. The van der Waals surface area contributed by atoms with Gasteiger partial charge in [0.1, 0.15) is 5.75 Å². The number of fused-ring (bicyclic) bond motifs is 1. The second kappa shape index (κ2) is 4.51. The van der Waals surface area contributed by atoms with Crippen molar-refractivity contribution in [3.8, 4) is 5.75 Å². The summed E-state index contributed by atoms with van der Waals surface area (Å²) in [6.45, 7) is 3.44. The molecule has 0 spiro atoms. The van der Waals surface area contributed by atoms with E-state index in [0.29, 0.717) is 5.02 Å². The summed E-state index contributed by atoms with van der Waals surface area (Å²) in [5.74, 6) is 2.04. The van der Waals surface area contributed by atoms with Gasteiger partial charge < -0.3 is 5.11 Å². The molecule has 1 saturated heterocycles. The number of phenols is 1. The van der Waals surface area contributed by atoms with Crippen molar-refractivity contribution >= 4 is 11.6 Å². The lowest BCUT2D eigenvalue weighted by atomic mass is 10.0. The lowest BCUT2D eigenvalue weighted by Gasteiger charge is -2.17. The van der Waals surface area contributed by atoms with Crippen molar-refractivity contribution in [1.82, 2.24) is 4.90 Å². The maximum Gasteiger partial charge on any atom is 0.134 e. The summed E-state index contributed by atoms with van der Waals surface area (Å²) in [6.07, 6.45) is 4.25. The predicted molar refractivity (Wildman–Crippen MR) is 69.2 cm³/mol. The highest BCUT2D eigenvalue weighted by Crippen LogP contribution is 2.38. The molecular formula is C14H18ClNO. The van der Waals surface area contributed by atoms with Crippen molar-refractivity contribution in [3.05, 3.63) is 28.8 Å². The van der Waals surface area contributed by atoms with Gasteiger partial charge in [0.2, 0.25) is 0 Å². The summed E-state index contributed by atoms with van der Waals surface area (Å²) in [5.41, 5.74) is 1.20. The predicted octanol–water partition coefficient (Wildman–Crippen LogP) is 3.28. The van der Waals surface area contributed by atoms with Gasteiger partial charge in [-0.25, -0.2) is 0 Å². The molecule has 17 heavy (non-hydrogen) atoms. The number of hydrogen-bond donors (Lipinski definition) is 1. The molecule has 1 aliphatic carbocycles. The molecule has 2 atom stereocenters. The lowest BCUT2D eigenvalue weighted by Crippen LogP contribution is -2.21. The van der Waals surface area contributed by atoms with E-state index in [9.17, 15) is 5.11 Å². The number of phenolic OH excluding ortho intramolecular Hbond substituents is 1. The number of aromatic hydroxyl groups is 1. The van der Waals surface area contributed by atoms with Crippen LogP contribution < -0.4 is 0 Å². The molecular weight excluding hydrogens is 234 g/mol. The average Bonchev–Trinajstić information content (AvgIpc) is 2.84. The zero-order chi connectivity index (χ0) is 11.8. The van der Waals surface area contributed by atoms with E-state index in [4.69, 9.17) is 11.6 Å². The van der Waals surface area contributed by atoms with Gasteiger partial charge in [-0.3, -0.25) is 4.90 Å². The Hall–Kier alpha value is -0.730. The maximum atomic E-state index is 9.39. The maximum absolute atomic E-state index is 9.39. The number of likely N-dealkylation sites (tertiary alicyclic amines) is 1. The lowest BCUT2D eigenvalue weighted by molar-refractivity contribution is 0.303. The Morgan fingerprint density at radius 1 is 1.24 bits per heavy atom. The SMILES string of the molecule is Oc1ccc(CN2CC3CCCC3C2)cc1Cl. The zero-order valence-corrected chi connectivity index (χ0v) is 10.7. The van der Waals surface area contributed by atoms with Crippen molar-refractivity contribution in [1.29, 1.82) is 0 Å². The van der Waals surface area contributed by atoms with E-state index in [-0.39, 0.29) is 5.75 Å². The Morgan fingerprint density at radius 2 is 1.94 bits per heavy atom. The molecule has 1 heterocycles. The molecule has 2 fully saturated rings. The minimum atomic E-state index is 0.175. The fraction of sp³-hybridized carbons (Fsp3) is 0.571. The van der Waals surface area contributed by atoms with Crippen LogP contribution in [0.3, 0.4) is 0 Å². The van der Waals surface area contributed by atoms with Crippen LogP contribution in [0.4, 0.5) is 0 Å². The molecule has 3 heteroatoms. The average molecular weight is 252 g/mol. The van der Waals surface area contributed by atoms with Gasteiger partial charge in [-0.1, -0.05) is 24.1 Å². The first-order valence-electron chi connectivity index (χ1n) is 6.42. The van der Waals surface area contributed by atoms with Crippen LogP contribution in [0, 0.1) is 11.8 Å². The molecule has 2 nitrogen and oxygen atoms in total. The molecule has 0 bridgehead atoms. The molecule has 1 aromatic rings. The number of hydrogen-bond acceptors (Lipinski definition) is 2. The molecule has 1 aliphatic heterocycles. The summed E-state index contributed by atoms with van der Waals surface area (Å²) < 4.78 is 0. The number of benzene rings is 1. The summed E-state index contributed by atoms with van der Waals surface area (Å²) >= 11 is 5.93. The minimum absolute atomic E-state index is 0.175. The fourth-order valence-electron chi connectivity index (χ4n) is 3.37. The van der Waals surface area contributed by atoms with Crippen LogP contribution in [-0.2, 0) is 6.54 Å². The van der Waals surface area contributed by atoms with E-state index >= 15 is 0 Å². The molecule has 92 valence electrons. The van der Waals surface area contributed by atoms with Gasteiger partial charge in [-0.05, 0) is 42.4 Å². The molecule has 0 aromatic heterocycles. The van der Waals surface area contributed by atoms with Gasteiger partial charge in [0.25, 0.3) is 0 Å². The van der Waals surface area contributed by atoms with E-state index in [0.717, 1.165) is 18.4 Å². The van der Waals surface area contributed by atoms with E-state index < -0.39 is 0 Å². The number of halogens is 1. The van der Waals surface area contributed by atoms with Crippen LogP contribution in [-0.4, -0.2) is 23.1 Å². The van der Waals surface area contributed by atoms with Gasteiger partial charge in [-0.15, -0.1) is 0 Å². The summed E-state index contributed by atoms with van der Waals surface area (Å²) in [6, 6.07) is 5.54. The summed E-state index contributed by atoms with van der Waals surface area (Å²) in [5, 5.41) is 9.85. The quantitative estimate of drug-likeness (QED) is 0.872. The molecule has 0 radical (unpaired) electrons. The monoisotopic (exact) mass is 251 g/mol. The third kappa shape index (κ3) is 2.29. The highest BCUT2D eigenvalue weighted by Gasteiger charge is 2.35. The largest absolute Gasteiger partial charge is 0.506 e. The van der Waals surface area contributed by atoms with Crippen LogP contribution in [0.1, 0.15) is 24.8 Å². The van der Waals surface area contributed by atoms with E-state index in [2.05, 4.69) is 4.90 Å². The molecule has 2 unspecified atom stereocenters. The third-order valence-electron chi connectivity index (χ3n) is 4.22. The first kappa shape index (κ1) is 11.4. The van der Waals surface area contributed by atoms with Crippen LogP contribution in [0.5, 0.6) is 5.75 Å². The highest BCUT2D eigenvalue weighted by atomic mass is 35.5. The van der Waals surface area contributed by atoms with Crippen LogP contribution in [0.2, 0.25) is 5.02 Å². The first-order chi connectivity index (χ1) is 8.22. The molecule has 1 aromatic carbocycles. The molecule has 2 aliphatic rings. The van der Waals surface area contributed by atoms with Crippen molar-refractivity contribution in [2.24, 2.45) is 11.8 Å². The Kier molecular flexibility index (Phi) is 3.01. The van der Waals surface area contributed by atoms with Gasteiger partial charge in [0.15, 0.2) is 0 Å². The Morgan fingerprint density at radius 3 is 2.59 bits per heavy atom. The smallest absolute Gasteiger partial charge is 0.134 e. The van der Waals surface area contributed by atoms with Crippen molar-refractivity contribution < 1.29 is 5.11 Å². The molecule has 3 rings (SSSR count). The Balaban J connectivity index is 1.65. The van der Waals surface area contributed by atoms with Crippen LogP contribution in [0.15, 0.2) is 18.2 Å². The van der Waals surface area contributed by atoms with Crippen molar-refractivity contribution in [2.45, 2.75) is 25.8 Å². The minimum Gasteiger partial charge on any atom is -0.506 e. The molecule has 1 N–H and O–H groups in total. The van der Waals surface area contributed by atoms with E-state index in [1.807, 2.05) is 12.1 Å². The standard InChI is InChI=1S/C14H18ClNO/c15-13-6-10(4-5-14(13)17)7-16-8-11-2-1-3-12(11)9-16/h4-6,11-12,17H,1-3,7-9H2. The Labute approximate surface area is 107 Å². The fourth-order valence-corrected chi connectivity index (χ4v) is 3.57. The van der Waals surface area contributed by atoms with Gasteiger partial charge in [-0.2, -0.15) is 0 Å². The highest BCUT2D eigenvalue weighted by molar-refractivity contribution is 6.32. The number of rotatable bonds is 2. The van der Waals surface area contributed by atoms with Gasteiger partial charge in [0, 0.05) is 19.6 Å². The third-order valence-corrected chi connectivity index (χ3v) is 4.52. The van der Waals surface area contributed by atoms with Crippen molar-refractivity contribution in [2.75, 3.05) is 13.1 Å². The van der Waals surface area contributed by atoms with Crippen molar-refractivity contribution in [3.63, 3.8) is 0 Å². The van der Waals surface area contributed by atoms with E-state index in [1.54, 1.807) is 6.07 Å². The topological polar surface area (TPSA) is 23.5 Å². The second-order valence-electron chi connectivity index (χ2n) is 5.43. The summed E-state index contributed by atoms with van der Waals surface area (Å²) in [4.78, 5) is 2.53. The van der Waals surface area contributed by atoms with Crippen LogP contribution >= 0.6 is 11.6 Å². The Bertz CT molecular complexity index is 409. The van der Waals surface area contributed by atoms with Gasteiger partial charge in [0.05, 0.1) is 5.02 Å².